The summed E-state index contributed by atoms with van der Waals surface area (Å²) in [7, 11) is 0. The normalized spacial score (nSPS) is 11.0. The van der Waals surface area contributed by atoms with E-state index in [1.165, 1.54) is 9.80 Å². The first kappa shape index (κ1) is 29.5. The van der Waals surface area contributed by atoms with E-state index in [0.717, 1.165) is 4.90 Å². The molecule has 16 heteroatoms. The van der Waals surface area contributed by atoms with E-state index in [1.54, 1.807) is 0 Å². The summed E-state index contributed by atoms with van der Waals surface area (Å²) in [5.74, 6) is -6.38. The summed E-state index contributed by atoms with van der Waals surface area (Å²) in [5, 5.41) is 53.7. The van der Waals surface area contributed by atoms with E-state index in [2.05, 4.69) is 0 Å². The van der Waals surface area contributed by atoms with Gasteiger partial charge in [-0.05, 0) is 0 Å². The van der Waals surface area contributed by atoms with Crippen LogP contribution in [0.2, 0.25) is 0 Å². The molecule has 0 spiro atoms. The largest absolute Gasteiger partial charge is 0.480 e. The molecule has 0 bridgehead atoms. The van der Waals surface area contributed by atoms with Crippen LogP contribution in [0.5, 0.6) is 0 Å². The Kier molecular flexibility index (Phi) is 13.7. The van der Waals surface area contributed by atoms with Gasteiger partial charge < -0.3 is 30.6 Å². The van der Waals surface area contributed by atoms with Gasteiger partial charge in [0.2, 0.25) is 0 Å². The summed E-state index contributed by atoms with van der Waals surface area (Å²) < 4.78 is 0. The highest BCUT2D eigenvalue weighted by atomic mass is 16.4. The highest BCUT2D eigenvalue weighted by Crippen LogP contribution is 1.99. The first-order valence-corrected chi connectivity index (χ1v) is 9.54. The zero-order valence-electron chi connectivity index (χ0n) is 17.7. The Morgan fingerprint density at radius 3 is 0.970 bits per heavy atom. The number of hydrogen-bond donors (Lipinski definition) is 6. The van der Waals surface area contributed by atoms with Crippen LogP contribution in [0.1, 0.15) is 0 Å². The molecule has 6 N–H and O–H groups in total. The molecule has 0 aliphatic heterocycles. The minimum absolute atomic E-state index is 0.0143. The number of carbonyl (C=O) groups is 6. The number of aliphatic carboxylic acids is 5. The Bertz CT molecular complexity index is 700. The first-order valence-electron chi connectivity index (χ1n) is 9.54. The molecule has 0 aliphatic rings. The number of hydrogen-bond acceptors (Lipinski definition) is 9. The second kappa shape index (κ2) is 15.3. The van der Waals surface area contributed by atoms with Crippen LogP contribution in [-0.2, 0) is 24.0 Å². The highest BCUT2D eigenvalue weighted by molar-refractivity contribution is 5.75. The maximum atomic E-state index is 11.1. The molecule has 0 rings (SSSR count). The van der Waals surface area contributed by atoms with Gasteiger partial charge in [-0.15, -0.1) is 0 Å². The van der Waals surface area contributed by atoms with Gasteiger partial charge in [-0.25, -0.2) is 4.79 Å². The first-order chi connectivity index (χ1) is 15.3. The lowest BCUT2D eigenvalue weighted by Crippen LogP contribution is -2.46. The van der Waals surface area contributed by atoms with Crippen molar-refractivity contribution in [1.82, 2.24) is 19.6 Å². The van der Waals surface area contributed by atoms with Gasteiger partial charge in [0.1, 0.15) is 6.54 Å². The highest BCUT2D eigenvalue weighted by Gasteiger charge is 2.20. The molecule has 1 amide bonds. The molecule has 0 saturated heterocycles. The second-order valence-electron chi connectivity index (χ2n) is 6.94. The van der Waals surface area contributed by atoms with Gasteiger partial charge >= 0.3 is 35.9 Å². The monoisotopic (exact) mass is 480 g/mol. The topological polar surface area (TPSA) is 237 Å². The van der Waals surface area contributed by atoms with Crippen LogP contribution in [0.25, 0.3) is 0 Å². The third kappa shape index (κ3) is 15.9. The fraction of sp³-hybridized carbons (Fsp3) is 0.647. The average Bonchev–Trinajstić information content (AvgIpc) is 2.64. The van der Waals surface area contributed by atoms with Gasteiger partial charge in [-0.2, -0.15) is 0 Å². The maximum absolute atomic E-state index is 11.1. The molecule has 0 unspecified atom stereocenters. The van der Waals surface area contributed by atoms with E-state index in [1.807, 2.05) is 0 Å². The molecule has 0 aromatic carbocycles. The van der Waals surface area contributed by atoms with E-state index >= 15 is 0 Å². The zero-order valence-corrected chi connectivity index (χ0v) is 17.7. The van der Waals surface area contributed by atoms with Gasteiger partial charge in [0.15, 0.2) is 0 Å². The molecule has 0 aromatic rings. The van der Waals surface area contributed by atoms with Gasteiger partial charge in [0.05, 0.1) is 26.2 Å². The molecule has 0 fully saturated rings. The fourth-order valence-corrected chi connectivity index (χ4v) is 2.75. The summed E-state index contributed by atoms with van der Waals surface area (Å²) in [6.45, 7) is -3.58. The van der Waals surface area contributed by atoms with Crippen molar-refractivity contribution in [2.75, 3.05) is 72.0 Å². The van der Waals surface area contributed by atoms with Crippen LogP contribution in [0.15, 0.2) is 0 Å². The third-order valence-electron chi connectivity index (χ3n) is 4.18. The van der Waals surface area contributed by atoms with Crippen LogP contribution in [0, 0.1) is 0 Å². The van der Waals surface area contributed by atoms with E-state index in [-0.39, 0.29) is 39.3 Å². The molecule has 0 aromatic heterocycles. The lowest BCUT2D eigenvalue weighted by atomic mass is 10.3. The van der Waals surface area contributed by atoms with E-state index < -0.39 is 68.7 Å². The number of carboxylic acids is 5. The minimum atomic E-state index is -1.50. The average molecular weight is 480 g/mol. The number of rotatable bonds is 19. The molecule has 0 aliphatic carbocycles. The number of carboxylic acid groups (broad SMARTS) is 6. The molecule has 33 heavy (non-hydrogen) atoms. The van der Waals surface area contributed by atoms with Crippen molar-refractivity contribution in [1.29, 1.82) is 0 Å². The van der Waals surface area contributed by atoms with Crippen molar-refractivity contribution in [3.05, 3.63) is 0 Å². The van der Waals surface area contributed by atoms with Gasteiger partial charge in [-0.1, -0.05) is 0 Å². The molecule has 16 nitrogen and oxygen atoms in total. The standard InChI is InChI=1S/C17H28N4O12/c22-12(23)7-18(3-4-20(9-14(26)27)10-15(28)29)1-2-19(8-13(24)25)5-6-21(17(32)33)11-16(30)31/h1-11H2,(H,22,23)(H,24,25)(H,26,27)(H,28,29)(H,30,31)(H,32,33). The van der Waals surface area contributed by atoms with Crippen molar-refractivity contribution in [3.8, 4) is 0 Å². The molecule has 0 heterocycles. The molecular formula is C17H28N4O12. The van der Waals surface area contributed by atoms with Crippen LogP contribution >= 0.6 is 0 Å². The molecule has 0 radical (unpaired) electrons. The predicted molar refractivity (Wildman–Crippen MR) is 107 cm³/mol. The Hall–Kier alpha value is -3.50. The molecular weight excluding hydrogens is 452 g/mol. The van der Waals surface area contributed by atoms with Gasteiger partial charge in [0.25, 0.3) is 0 Å². The fourth-order valence-electron chi connectivity index (χ4n) is 2.75. The summed E-state index contributed by atoms with van der Waals surface area (Å²) in [5.41, 5.74) is 0. The Morgan fingerprint density at radius 2 is 0.667 bits per heavy atom. The van der Waals surface area contributed by atoms with Crippen molar-refractivity contribution >= 4 is 35.9 Å². The lowest BCUT2D eigenvalue weighted by Gasteiger charge is -2.28. The smallest absolute Gasteiger partial charge is 0.407 e. The van der Waals surface area contributed by atoms with Crippen molar-refractivity contribution in [2.45, 2.75) is 0 Å². The summed E-state index contributed by atoms with van der Waals surface area (Å²) in [4.78, 5) is 70.2. The van der Waals surface area contributed by atoms with Crippen LogP contribution in [0.4, 0.5) is 4.79 Å². The van der Waals surface area contributed by atoms with Crippen LogP contribution in [0.3, 0.4) is 0 Å². The van der Waals surface area contributed by atoms with Gasteiger partial charge in [0, 0.05) is 39.3 Å². The van der Waals surface area contributed by atoms with Gasteiger partial charge in [-0.3, -0.25) is 43.6 Å². The maximum Gasteiger partial charge on any atom is 0.407 e. The molecule has 188 valence electrons. The zero-order chi connectivity index (χ0) is 25.6. The van der Waals surface area contributed by atoms with E-state index in [0.29, 0.717) is 4.90 Å². The third-order valence-corrected chi connectivity index (χ3v) is 4.18. The Labute approximate surface area is 187 Å². The second-order valence-corrected chi connectivity index (χ2v) is 6.94. The SMILES string of the molecule is O=C(O)CN(CCN(CCN(CC(=O)O)C(=O)O)CC(=O)O)CCN(CC(=O)O)CC(=O)O. The summed E-state index contributed by atoms with van der Waals surface area (Å²) in [6, 6.07) is 0. The number of nitrogens with zero attached hydrogens (tertiary/aromatic N) is 4. The van der Waals surface area contributed by atoms with E-state index in [4.69, 9.17) is 30.6 Å². The Balaban J connectivity index is 5.10. The van der Waals surface area contributed by atoms with Crippen LogP contribution in [-0.4, -0.2) is 158 Å². The lowest BCUT2D eigenvalue weighted by molar-refractivity contribution is -0.143. The van der Waals surface area contributed by atoms with Crippen molar-refractivity contribution in [3.63, 3.8) is 0 Å². The summed E-state index contributed by atoms with van der Waals surface area (Å²) >= 11 is 0. The quantitative estimate of drug-likeness (QED) is 0.110. The molecule has 0 saturated carbocycles. The summed E-state index contributed by atoms with van der Waals surface area (Å²) in [6.07, 6.45) is -1.50. The Morgan fingerprint density at radius 1 is 0.394 bits per heavy atom. The molecule has 0 atom stereocenters. The van der Waals surface area contributed by atoms with Crippen LogP contribution < -0.4 is 0 Å². The predicted octanol–water partition coefficient (Wildman–Crippen LogP) is -2.70. The van der Waals surface area contributed by atoms with Crippen molar-refractivity contribution < 1.29 is 59.4 Å². The van der Waals surface area contributed by atoms with Crippen molar-refractivity contribution in [2.24, 2.45) is 0 Å². The number of amides is 1. The minimum Gasteiger partial charge on any atom is -0.480 e. The van der Waals surface area contributed by atoms with E-state index in [9.17, 15) is 28.8 Å².